The number of halogens is 1. The van der Waals surface area contributed by atoms with Gasteiger partial charge in [0.05, 0.1) is 6.54 Å². The van der Waals surface area contributed by atoms with Crippen LogP contribution in [-0.4, -0.2) is 47.6 Å². The van der Waals surface area contributed by atoms with Crippen LogP contribution in [0.3, 0.4) is 0 Å². The van der Waals surface area contributed by atoms with Crippen LogP contribution in [0.1, 0.15) is 39.5 Å². The van der Waals surface area contributed by atoms with Crippen LogP contribution in [0.4, 0.5) is 0 Å². The van der Waals surface area contributed by atoms with Gasteiger partial charge in [-0.15, -0.1) is 12.4 Å². The molecule has 1 atom stereocenters. The Morgan fingerprint density at radius 2 is 1.95 bits per heavy atom. The van der Waals surface area contributed by atoms with Crippen molar-refractivity contribution in [1.82, 2.24) is 10.2 Å². The second-order valence-electron chi connectivity index (χ2n) is 5.12. The molecule has 1 rings (SSSR count). The molecule has 6 heteroatoms. The number of hydrogen-bond acceptors (Lipinski definition) is 3. The number of carbonyl (C=O) groups is 2. The number of piperidine rings is 1. The molecule has 2 N–H and O–H groups in total. The lowest BCUT2D eigenvalue weighted by molar-refractivity contribution is -0.140. The van der Waals surface area contributed by atoms with E-state index in [9.17, 15) is 9.59 Å². The van der Waals surface area contributed by atoms with Crippen molar-refractivity contribution in [2.45, 2.75) is 45.6 Å². The van der Waals surface area contributed by atoms with Gasteiger partial charge >= 0.3 is 5.97 Å². The van der Waals surface area contributed by atoms with Gasteiger partial charge < -0.3 is 10.0 Å². The van der Waals surface area contributed by atoms with Gasteiger partial charge in [-0.2, -0.15) is 0 Å². The van der Waals surface area contributed by atoms with Crippen LogP contribution in [0, 0.1) is 5.92 Å². The maximum atomic E-state index is 11.9. The van der Waals surface area contributed by atoms with Crippen molar-refractivity contribution >= 4 is 24.3 Å². The molecule has 1 aliphatic heterocycles. The Morgan fingerprint density at radius 1 is 1.37 bits per heavy atom. The van der Waals surface area contributed by atoms with E-state index in [-0.39, 0.29) is 24.9 Å². The molecule has 1 heterocycles. The largest absolute Gasteiger partial charge is 0.480 e. The minimum Gasteiger partial charge on any atom is -0.480 e. The lowest BCUT2D eigenvalue weighted by Gasteiger charge is -2.30. The van der Waals surface area contributed by atoms with Gasteiger partial charge in [0.1, 0.15) is 6.04 Å². The molecule has 5 nitrogen and oxygen atoms in total. The molecule has 0 saturated carbocycles. The van der Waals surface area contributed by atoms with Crippen LogP contribution in [0.5, 0.6) is 0 Å². The van der Waals surface area contributed by atoms with Crippen LogP contribution in [0.2, 0.25) is 0 Å². The number of aliphatic carboxylic acids is 1. The maximum Gasteiger partial charge on any atom is 0.320 e. The predicted octanol–water partition coefficient (Wildman–Crippen LogP) is 1.51. The van der Waals surface area contributed by atoms with Crippen LogP contribution in [-0.2, 0) is 9.59 Å². The SMILES string of the molecule is CCCC(NCC(=O)N1CCC(C)CC1)C(=O)O.Cl. The van der Waals surface area contributed by atoms with E-state index in [2.05, 4.69) is 12.2 Å². The van der Waals surface area contributed by atoms with Crippen molar-refractivity contribution in [3.05, 3.63) is 0 Å². The van der Waals surface area contributed by atoms with Gasteiger partial charge in [-0.1, -0.05) is 20.3 Å². The fraction of sp³-hybridized carbons (Fsp3) is 0.846. The summed E-state index contributed by atoms with van der Waals surface area (Å²) in [6.07, 6.45) is 3.44. The molecule has 0 spiro atoms. The number of nitrogens with one attached hydrogen (secondary N) is 1. The van der Waals surface area contributed by atoms with Gasteiger partial charge in [0.2, 0.25) is 5.91 Å². The van der Waals surface area contributed by atoms with Crippen molar-refractivity contribution in [3.8, 4) is 0 Å². The van der Waals surface area contributed by atoms with Gasteiger partial charge in [0, 0.05) is 13.1 Å². The first-order chi connectivity index (χ1) is 8.54. The van der Waals surface area contributed by atoms with Crippen LogP contribution < -0.4 is 5.32 Å². The first-order valence-electron chi connectivity index (χ1n) is 6.78. The van der Waals surface area contributed by atoms with Crippen molar-refractivity contribution in [3.63, 3.8) is 0 Å². The summed E-state index contributed by atoms with van der Waals surface area (Å²) in [4.78, 5) is 24.7. The molecular formula is C13H25ClN2O3. The van der Waals surface area contributed by atoms with E-state index in [1.54, 1.807) is 0 Å². The number of carboxylic acids is 1. The van der Waals surface area contributed by atoms with Crippen LogP contribution in [0.15, 0.2) is 0 Å². The summed E-state index contributed by atoms with van der Waals surface area (Å²) in [6, 6.07) is -0.609. The molecule has 1 saturated heterocycles. The van der Waals surface area contributed by atoms with Gasteiger partial charge in [0.25, 0.3) is 0 Å². The fourth-order valence-corrected chi connectivity index (χ4v) is 2.18. The molecule has 0 aliphatic carbocycles. The van der Waals surface area contributed by atoms with Gasteiger partial charge in [0.15, 0.2) is 0 Å². The lowest BCUT2D eigenvalue weighted by atomic mass is 9.99. The molecule has 1 amide bonds. The quantitative estimate of drug-likeness (QED) is 0.778. The average molecular weight is 293 g/mol. The third-order valence-corrected chi connectivity index (χ3v) is 3.51. The molecule has 0 aromatic heterocycles. The number of likely N-dealkylation sites (tertiary alicyclic amines) is 1. The fourth-order valence-electron chi connectivity index (χ4n) is 2.18. The Morgan fingerprint density at radius 3 is 2.42 bits per heavy atom. The number of amides is 1. The molecule has 0 aromatic carbocycles. The highest BCUT2D eigenvalue weighted by Gasteiger charge is 2.22. The summed E-state index contributed by atoms with van der Waals surface area (Å²) < 4.78 is 0. The number of nitrogens with zero attached hydrogens (tertiary/aromatic N) is 1. The molecule has 112 valence electrons. The zero-order valence-electron chi connectivity index (χ0n) is 11.7. The normalized spacial score (nSPS) is 17.7. The summed E-state index contributed by atoms with van der Waals surface area (Å²) >= 11 is 0. The summed E-state index contributed by atoms with van der Waals surface area (Å²) in [6.45, 7) is 5.86. The minimum atomic E-state index is -0.878. The van der Waals surface area contributed by atoms with Crippen molar-refractivity contribution in [2.24, 2.45) is 5.92 Å². The van der Waals surface area contributed by atoms with Gasteiger partial charge in [-0.05, 0) is 25.2 Å². The van der Waals surface area contributed by atoms with Crippen LogP contribution in [0.25, 0.3) is 0 Å². The first-order valence-corrected chi connectivity index (χ1v) is 6.78. The van der Waals surface area contributed by atoms with E-state index >= 15 is 0 Å². The van der Waals surface area contributed by atoms with E-state index in [0.29, 0.717) is 12.3 Å². The smallest absolute Gasteiger partial charge is 0.320 e. The lowest BCUT2D eigenvalue weighted by Crippen LogP contribution is -2.46. The number of carboxylic acid groups (broad SMARTS) is 1. The number of rotatable bonds is 6. The topological polar surface area (TPSA) is 69.6 Å². The van der Waals surface area contributed by atoms with Crippen molar-refractivity contribution in [1.29, 1.82) is 0 Å². The van der Waals surface area contributed by atoms with E-state index in [1.807, 2.05) is 11.8 Å². The van der Waals surface area contributed by atoms with Crippen molar-refractivity contribution in [2.75, 3.05) is 19.6 Å². The third-order valence-electron chi connectivity index (χ3n) is 3.51. The van der Waals surface area contributed by atoms with E-state index < -0.39 is 12.0 Å². The Balaban J connectivity index is 0.00000324. The highest BCUT2D eigenvalue weighted by molar-refractivity contribution is 5.85. The molecule has 0 radical (unpaired) electrons. The first kappa shape index (κ1) is 18.2. The van der Waals surface area contributed by atoms with E-state index in [0.717, 1.165) is 32.4 Å². The van der Waals surface area contributed by atoms with Gasteiger partial charge in [-0.3, -0.25) is 14.9 Å². The van der Waals surface area contributed by atoms with Crippen LogP contribution >= 0.6 is 12.4 Å². The van der Waals surface area contributed by atoms with Crippen molar-refractivity contribution < 1.29 is 14.7 Å². The number of carbonyl (C=O) groups excluding carboxylic acids is 1. The summed E-state index contributed by atoms with van der Waals surface area (Å²) in [5.41, 5.74) is 0. The zero-order chi connectivity index (χ0) is 13.5. The molecule has 0 aromatic rings. The highest BCUT2D eigenvalue weighted by Crippen LogP contribution is 2.15. The summed E-state index contributed by atoms with van der Waals surface area (Å²) in [5.74, 6) is -0.171. The zero-order valence-corrected chi connectivity index (χ0v) is 12.5. The predicted molar refractivity (Wildman–Crippen MR) is 76.6 cm³/mol. The second-order valence-corrected chi connectivity index (χ2v) is 5.12. The molecule has 19 heavy (non-hydrogen) atoms. The summed E-state index contributed by atoms with van der Waals surface area (Å²) in [7, 11) is 0. The number of hydrogen-bond donors (Lipinski definition) is 2. The average Bonchev–Trinajstić information content (AvgIpc) is 2.34. The van der Waals surface area contributed by atoms with E-state index in [1.165, 1.54) is 0 Å². The highest BCUT2D eigenvalue weighted by atomic mass is 35.5. The maximum absolute atomic E-state index is 11.9. The molecular weight excluding hydrogens is 268 g/mol. The molecule has 1 fully saturated rings. The molecule has 1 unspecified atom stereocenters. The molecule has 1 aliphatic rings. The summed E-state index contributed by atoms with van der Waals surface area (Å²) in [5, 5.41) is 11.8. The Bertz CT molecular complexity index is 292. The van der Waals surface area contributed by atoms with E-state index in [4.69, 9.17) is 5.11 Å². The Labute approximate surface area is 121 Å². The monoisotopic (exact) mass is 292 g/mol. The Kier molecular flexibility index (Phi) is 8.76. The van der Waals surface area contributed by atoms with Gasteiger partial charge in [-0.25, -0.2) is 0 Å². The standard InChI is InChI=1S/C13H24N2O3.ClH/c1-3-4-11(13(17)18)14-9-12(16)15-7-5-10(2)6-8-15;/h10-11,14H,3-9H2,1-2H3,(H,17,18);1H. The molecule has 0 bridgehead atoms. The second kappa shape index (κ2) is 9.15. The Hall–Kier alpha value is -0.810. The third kappa shape index (κ3) is 6.25. The minimum absolute atomic E-state index is 0.